The molecule has 0 radical (unpaired) electrons. The summed E-state index contributed by atoms with van der Waals surface area (Å²) in [6.45, 7) is 1.57. The molecule has 0 bridgehead atoms. The van der Waals surface area contributed by atoms with Crippen molar-refractivity contribution in [2.75, 3.05) is 13.2 Å². The second-order valence-electron chi connectivity index (χ2n) is 6.21. The molecule has 1 aliphatic rings. The van der Waals surface area contributed by atoms with E-state index in [1.807, 2.05) is 48.5 Å². The molecule has 4 rings (SSSR count). The molecular formula is C22H18O3. The number of hydrogen-bond acceptors (Lipinski definition) is 3. The first-order valence-electron chi connectivity index (χ1n) is 8.51. The molecule has 0 aliphatic carbocycles. The van der Waals surface area contributed by atoms with Crippen LogP contribution in [-0.2, 0) is 4.74 Å². The Balaban J connectivity index is 1.68. The number of benzene rings is 2. The van der Waals surface area contributed by atoms with E-state index < -0.39 is 0 Å². The molecule has 0 amide bonds. The van der Waals surface area contributed by atoms with Crippen LogP contribution in [0.5, 0.6) is 0 Å². The highest BCUT2D eigenvalue weighted by molar-refractivity contribution is 5.82. The molecule has 124 valence electrons. The minimum Gasteiger partial charge on any atom is -0.463 e. The highest BCUT2D eigenvalue weighted by atomic mass is 16.5. The molecule has 2 aromatic carbocycles. The van der Waals surface area contributed by atoms with Gasteiger partial charge in [0.1, 0.15) is 11.8 Å². The second-order valence-corrected chi connectivity index (χ2v) is 6.21. The molecule has 2 heterocycles. The van der Waals surface area contributed by atoms with Gasteiger partial charge in [0, 0.05) is 24.7 Å². The number of fused-ring (bicyclic) bond motifs is 1. The lowest BCUT2D eigenvalue weighted by Gasteiger charge is -2.16. The Morgan fingerprint density at radius 3 is 2.60 bits per heavy atom. The van der Waals surface area contributed by atoms with Crippen LogP contribution in [0.1, 0.15) is 18.4 Å². The van der Waals surface area contributed by atoms with Gasteiger partial charge in [0.05, 0.1) is 10.9 Å². The van der Waals surface area contributed by atoms with Crippen LogP contribution in [0.3, 0.4) is 0 Å². The molecule has 1 fully saturated rings. The average molecular weight is 330 g/mol. The highest BCUT2D eigenvalue weighted by Gasteiger charge is 2.11. The van der Waals surface area contributed by atoms with Crippen LogP contribution in [0.4, 0.5) is 0 Å². The maximum atomic E-state index is 12.7. The van der Waals surface area contributed by atoms with E-state index in [1.165, 1.54) is 6.26 Å². The van der Waals surface area contributed by atoms with E-state index in [1.54, 1.807) is 0 Å². The lowest BCUT2D eigenvalue weighted by Crippen LogP contribution is -2.13. The van der Waals surface area contributed by atoms with Crippen molar-refractivity contribution in [1.29, 1.82) is 0 Å². The lowest BCUT2D eigenvalue weighted by molar-refractivity contribution is 0.0807. The SMILES string of the molecule is O=c1c(-c2ccccc2)coc2cc(C#CC3CCOCC3)ccc12. The van der Waals surface area contributed by atoms with Gasteiger partial charge in [-0.15, -0.1) is 0 Å². The van der Waals surface area contributed by atoms with Gasteiger partial charge in [-0.25, -0.2) is 0 Å². The maximum Gasteiger partial charge on any atom is 0.200 e. The largest absolute Gasteiger partial charge is 0.463 e. The Morgan fingerprint density at radius 2 is 1.80 bits per heavy atom. The zero-order valence-corrected chi connectivity index (χ0v) is 13.8. The lowest BCUT2D eigenvalue weighted by atomic mass is 10.0. The molecule has 3 aromatic rings. The summed E-state index contributed by atoms with van der Waals surface area (Å²) in [5.41, 5.74) is 2.87. The monoisotopic (exact) mass is 330 g/mol. The van der Waals surface area contributed by atoms with Gasteiger partial charge in [0.25, 0.3) is 0 Å². The molecule has 0 saturated carbocycles. The highest BCUT2D eigenvalue weighted by Crippen LogP contribution is 2.20. The minimum atomic E-state index is -0.0172. The molecule has 3 heteroatoms. The van der Waals surface area contributed by atoms with Crippen molar-refractivity contribution in [3.63, 3.8) is 0 Å². The standard InChI is InChI=1S/C22H18O3/c23-22-19-9-8-17(7-6-16-10-12-24-13-11-16)14-21(19)25-15-20(22)18-4-2-1-3-5-18/h1-5,8-9,14-16H,10-13H2. The van der Waals surface area contributed by atoms with Gasteiger partial charge in [-0.3, -0.25) is 4.79 Å². The summed E-state index contributed by atoms with van der Waals surface area (Å²) < 4.78 is 11.1. The molecular weight excluding hydrogens is 312 g/mol. The summed E-state index contributed by atoms with van der Waals surface area (Å²) in [5, 5.41) is 0.581. The van der Waals surface area contributed by atoms with Crippen LogP contribution in [0.15, 0.2) is 64.0 Å². The van der Waals surface area contributed by atoms with Crippen molar-refractivity contribution in [1.82, 2.24) is 0 Å². The Morgan fingerprint density at radius 1 is 1.00 bits per heavy atom. The van der Waals surface area contributed by atoms with Gasteiger partial charge in [0.15, 0.2) is 5.43 Å². The predicted octanol–water partition coefficient (Wildman–Crippen LogP) is 4.24. The molecule has 1 aromatic heterocycles. The minimum absolute atomic E-state index is 0.0172. The molecule has 0 N–H and O–H groups in total. The normalized spacial score (nSPS) is 14.9. The first-order chi connectivity index (χ1) is 12.3. The first kappa shape index (κ1) is 15.7. The van der Waals surface area contributed by atoms with Gasteiger partial charge in [-0.1, -0.05) is 42.2 Å². The van der Waals surface area contributed by atoms with Crippen molar-refractivity contribution in [2.45, 2.75) is 12.8 Å². The summed E-state index contributed by atoms with van der Waals surface area (Å²) in [6.07, 6.45) is 3.50. The summed E-state index contributed by atoms with van der Waals surface area (Å²) in [6, 6.07) is 15.1. The van der Waals surface area contributed by atoms with Crippen LogP contribution < -0.4 is 5.43 Å². The summed E-state index contributed by atoms with van der Waals surface area (Å²) in [7, 11) is 0. The first-order valence-corrected chi connectivity index (χ1v) is 8.51. The van der Waals surface area contributed by atoms with Gasteiger partial charge in [0.2, 0.25) is 0 Å². The molecule has 0 atom stereocenters. The van der Waals surface area contributed by atoms with Crippen molar-refractivity contribution >= 4 is 11.0 Å². The smallest absolute Gasteiger partial charge is 0.200 e. The number of rotatable bonds is 1. The molecule has 3 nitrogen and oxygen atoms in total. The number of hydrogen-bond donors (Lipinski definition) is 0. The molecule has 25 heavy (non-hydrogen) atoms. The second kappa shape index (κ2) is 6.96. The van der Waals surface area contributed by atoms with Crippen LogP contribution in [0.2, 0.25) is 0 Å². The average Bonchev–Trinajstić information content (AvgIpc) is 2.68. The van der Waals surface area contributed by atoms with Crippen molar-refractivity contribution < 1.29 is 9.15 Å². The fourth-order valence-electron chi connectivity index (χ4n) is 3.05. The van der Waals surface area contributed by atoms with E-state index in [-0.39, 0.29) is 5.43 Å². The van der Waals surface area contributed by atoms with E-state index in [0.29, 0.717) is 22.5 Å². The quantitative estimate of drug-likeness (QED) is 0.627. The van der Waals surface area contributed by atoms with Crippen LogP contribution in [0, 0.1) is 17.8 Å². The van der Waals surface area contributed by atoms with Gasteiger partial charge in [-0.2, -0.15) is 0 Å². The van der Waals surface area contributed by atoms with E-state index in [9.17, 15) is 4.79 Å². The predicted molar refractivity (Wildman–Crippen MR) is 98.3 cm³/mol. The van der Waals surface area contributed by atoms with Crippen LogP contribution >= 0.6 is 0 Å². The summed E-state index contributed by atoms with van der Waals surface area (Å²) >= 11 is 0. The Hall–Kier alpha value is -2.83. The fraction of sp³-hybridized carbons (Fsp3) is 0.227. The molecule has 0 unspecified atom stereocenters. The van der Waals surface area contributed by atoms with E-state index in [4.69, 9.17) is 9.15 Å². The van der Waals surface area contributed by atoms with Gasteiger partial charge < -0.3 is 9.15 Å². The maximum absolute atomic E-state index is 12.7. The summed E-state index contributed by atoms with van der Waals surface area (Å²) in [5.74, 6) is 6.90. The molecule has 0 spiro atoms. The summed E-state index contributed by atoms with van der Waals surface area (Å²) in [4.78, 5) is 12.7. The van der Waals surface area contributed by atoms with Crippen molar-refractivity contribution in [2.24, 2.45) is 5.92 Å². The van der Waals surface area contributed by atoms with Crippen molar-refractivity contribution in [3.05, 3.63) is 70.6 Å². The third-order valence-electron chi connectivity index (χ3n) is 4.50. The Bertz CT molecular complexity index is 1000. The zero-order chi connectivity index (χ0) is 17.1. The third kappa shape index (κ3) is 3.35. The van der Waals surface area contributed by atoms with Crippen LogP contribution in [-0.4, -0.2) is 13.2 Å². The fourth-order valence-corrected chi connectivity index (χ4v) is 3.05. The van der Waals surface area contributed by atoms with E-state index in [2.05, 4.69) is 11.8 Å². The van der Waals surface area contributed by atoms with E-state index >= 15 is 0 Å². The van der Waals surface area contributed by atoms with Gasteiger partial charge in [-0.05, 0) is 36.6 Å². The Kier molecular flexibility index (Phi) is 4.37. The topological polar surface area (TPSA) is 39.4 Å². The molecule has 1 saturated heterocycles. The molecule has 1 aliphatic heterocycles. The number of ether oxygens (including phenoxy) is 1. The Labute approximate surface area is 146 Å². The van der Waals surface area contributed by atoms with Crippen LogP contribution in [0.25, 0.3) is 22.1 Å². The third-order valence-corrected chi connectivity index (χ3v) is 4.50. The van der Waals surface area contributed by atoms with E-state index in [0.717, 1.165) is 37.2 Å². The zero-order valence-electron chi connectivity index (χ0n) is 13.8. The van der Waals surface area contributed by atoms with Crippen molar-refractivity contribution in [3.8, 4) is 23.0 Å². The van der Waals surface area contributed by atoms with Gasteiger partial charge >= 0.3 is 0 Å².